The standard InChI is InChI=1S/C14H11Br3ClNO/c1-7-3-10(13(20)6-18)8(2)19(7)14-11(16)4-9(15)5-12(14)17/h3-5H,6H2,1-2H3. The molecule has 0 fully saturated rings. The topological polar surface area (TPSA) is 22.0 Å². The predicted molar refractivity (Wildman–Crippen MR) is 93.4 cm³/mol. The number of carbonyl (C=O) groups is 1. The van der Waals surface area contributed by atoms with Gasteiger partial charge in [0.05, 0.1) is 11.6 Å². The molecule has 2 aromatic rings. The summed E-state index contributed by atoms with van der Waals surface area (Å²) in [6.45, 7) is 3.90. The van der Waals surface area contributed by atoms with Crippen molar-refractivity contribution in [1.29, 1.82) is 0 Å². The van der Waals surface area contributed by atoms with Crippen LogP contribution in [0.15, 0.2) is 31.6 Å². The summed E-state index contributed by atoms with van der Waals surface area (Å²) >= 11 is 16.3. The second kappa shape index (κ2) is 6.34. The molecule has 0 radical (unpaired) electrons. The lowest BCUT2D eigenvalue weighted by molar-refractivity contribution is 0.102. The highest BCUT2D eigenvalue weighted by molar-refractivity contribution is 9.11. The van der Waals surface area contributed by atoms with E-state index < -0.39 is 0 Å². The molecule has 0 amide bonds. The Bertz CT molecular complexity index is 671. The zero-order chi connectivity index (χ0) is 15.0. The average Bonchev–Trinajstić information content (AvgIpc) is 2.65. The van der Waals surface area contributed by atoms with E-state index in [0.717, 1.165) is 30.5 Å². The highest BCUT2D eigenvalue weighted by Crippen LogP contribution is 2.35. The molecule has 1 aromatic carbocycles. The van der Waals surface area contributed by atoms with E-state index in [1.165, 1.54) is 0 Å². The van der Waals surface area contributed by atoms with Crippen molar-refractivity contribution in [3.63, 3.8) is 0 Å². The maximum Gasteiger partial charge on any atom is 0.179 e. The van der Waals surface area contributed by atoms with Gasteiger partial charge in [-0.15, -0.1) is 11.6 Å². The van der Waals surface area contributed by atoms with Gasteiger partial charge in [-0.1, -0.05) is 15.9 Å². The Balaban J connectivity index is 2.71. The Morgan fingerprint density at radius 1 is 1.15 bits per heavy atom. The molecule has 0 saturated heterocycles. The molecule has 0 unspecified atom stereocenters. The molecule has 0 aliphatic heterocycles. The van der Waals surface area contributed by atoms with Gasteiger partial charge in [-0.2, -0.15) is 0 Å². The van der Waals surface area contributed by atoms with Crippen LogP contribution < -0.4 is 0 Å². The molecule has 0 bridgehead atoms. The van der Waals surface area contributed by atoms with E-state index in [2.05, 4.69) is 47.8 Å². The van der Waals surface area contributed by atoms with Crippen molar-refractivity contribution in [2.45, 2.75) is 13.8 Å². The number of carbonyl (C=O) groups excluding carboxylic acids is 1. The van der Waals surface area contributed by atoms with E-state index in [1.807, 2.05) is 36.6 Å². The first-order valence-corrected chi connectivity index (χ1v) is 8.71. The highest BCUT2D eigenvalue weighted by atomic mass is 79.9. The lowest BCUT2D eigenvalue weighted by atomic mass is 10.2. The molecule has 106 valence electrons. The van der Waals surface area contributed by atoms with Crippen LogP contribution in [0.5, 0.6) is 0 Å². The first-order chi connectivity index (χ1) is 9.36. The summed E-state index contributed by atoms with van der Waals surface area (Å²) in [6, 6.07) is 5.82. The van der Waals surface area contributed by atoms with Gasteiger partial charge in [0.2, 0.25) is 0 Å². The fourth-order valence-corrected chi connectivity index (χ4v) is 4.97. The first-order valence-electron chi connectivity index (χ1n) is 5.79. The third-order valence-electron chi connectivity index (χ3n) is 3.06. The number of alkyl halides is 1. The molecule has 0 aliphatic carbocycles. The van der Waals surface area contributed by atoms with Crippen LogP contribution in [0.1, 0.15) is 21.7 Å². The second-order valence-corrected chi connectivity index (χ2v) is 7.29. The fraction of sp³-hybridized carbons (Fsp3) is 0.214. The Morgan fingerprint density at radius 2 is 1.70 bits per heavy atom. The highest BCUT2D eigenvalue weighted by Gasteiger charge is 2.19. The summed E-state index contributed by atoms with van der Waals surface area (Å²) in [5.41, 5.74) is 3.51. The van der Waals surface area contributed by atoms with Crippen molar-refractivity contribution in [2.24, 2.45) is 0 Å². The number of rotatable bonds is 3. The second-order valence-electron chi connectivity index (χ2n) is 4.40. The summed E-state index contributed by atoms with van der Waals surface area (Å²) in [7, 11) is 0. The normalized spacial score (nSPS) is 10.9. The number of benzene rings is 1. The van der Waals surface area contributed by atoms with Gasteiger partial charge in [0, 0.05) is 30.4 Å². The van der Waals surface area contributed by atoms with Crippen molar-refractivity contribution in [1.82, 2.24) is 4.57 Å². The SMILES string of the molecule is Cc1cc(C(=O)CCl)c(C)n1-c1c(Br)cc(Br)cc1Br. The molecule has 0 aliphatic rings. The quantitative estimate of drug-likeness (QED) is 0.399. The van der Waals surface area contributed by atoms with E-state index in [0.29, 0.717) is 5.56 Å². The number of nitrogens with zero attached hydrogens (tertiary/aromatic N) is 1. The Labute approximate surface area is 147 Å². The molecular formula is C14H11Br3ClNO. The average molecular weight is 484 g/mol. The van der Waals surface area contributed by atoms with Gasteiger partial charge in [-0.05, 0) is 63.9 Å². The molecule has 1 aromatic heterocycles. The molecule has 20 heavy (non-hydrogen) atoms. The largest absolute Gasteiger partial charge is 0.316 e. The predicted octanol–water partition coefficient (Wildman–Crippen LogP) is 5.80. The van der Waals surface area contributed by atoms with Crippen LogP contribution in [0.3, 0.4) is 0 Å². The Morgan fingerprint density at radius 3 is 2.20 bits per heavy atom. The van der Waals surface area contributed by atoms with Crippen LogP contribution in [0, 0.1) is 13.8 Å². The van der Waals surface area contributed by atoms with E-state index in [-0.39, 0.29) is 11.7 Å². The smallest absolute Gasteiger partial charge is 0.179 e. The minimum Gasteiger partial charge on any atom is -0.316 e. The maximum atomic E-state index is 11.9. The lowest BCUT2D eigenvalue weighted by Crippen LogP contribution is -2.05. The fourth-order valence-electron chi connectivity index (χ4n) is 2.21. The van der Waals surface area contributed by atoms with Gasteiger partial charge in [-0.25, -0.2) is 0 Å². The van der Waals surface area contributed by atoms with Crippen LogP contribution in [0.4, 0.5) is 0 Å². The summed E-state index contributed by atoms with van der Waals surface area (Å²) in [4.78, 5) is 11.9. The number of hydrogen-bond acceptors (Lipinski definition) is 1. The number of aryl methyl sites for hydroxylation is 1. The first kappa shape index (κ1) is 16.3. The van der Waals surface area contributed by atoms with Crippen molar-refractivity contribution in [3.8, 4) is 5.69 Å². The van der Waals surface area contributed by atoms with Crippen molar-refractivity contribution in [3.05, 3.63) is 48.6 Å². The summed E-state index contributed by atoms with van der Waals surface area (Å²) in [6.07, 6.45) is 0. The monoisotopic (exact) mass is 481 g/mol. The Hall–Kier alpha value is -0.100. The molecule has 0 spiro atoms. The Kier molecular flexibility index (Phi) is 5.16. The van der Waals surface area contributed by atoms with Gasteiger partial charge in [0.25, 0.3) is 0 Å². The summed E-state index contributed by atoms with van der Waals surface area (Å²) in [5, 5.41) is 0. The number of ketones is 1. The van der Waals surface area contributed by atoms with Crippen molar-refractivity contribution >= 4 is 65.2 Å². The number of hydrogen-bond donors (Lipinski definition) is 0. The molecule has 0 N–H and O–H groups in total. The molecule has 6 heteroatoms. The maximum absolute atomic E-state index is 11.9. The van der Waals surface area contributed by atoms with Gasteiger partial charge >= 0.3 is 0 Å². The lowest BCUT2D eigenvalue weighted by Gasteiger charge is -2.14. The van der Waals surface area contributed by atoms with Gasteiger partial charge in [-0.3, -0.25) is 4.79 Å². The van der Waals surface area contributed by atoms with E-state index >= 15 is 0 Å². The molecule has 1 heterocycles. The van der Waals surface area contributed by atoms with Crippen LogP contribution in [-0.4, -0.2) is 16.2 Å². The van der Waals surface area contributed by atoms with Crippen LogP contribution in [0.25, 0.3) is 5.69 Å². The number of aromatic nitrogens is 1. The van der Waals surface area contributed by atoms with Crippen molar-refractivity contribution < 1.29 is 4.79 Å². The van der Waals surface area contributed by atoms with Crippen molar-refractivity contribution in [2.75, 3.05) is 5.88 Å². The van der Waals surface area contributed by atoms with Gasteiger partial charge in [0.1, 0.15) is 0 Å². The summed E-state index contributed by atoms with van der Waals surface area (Å²) < 4.78 is 4.88. The zero-order valence-corrected chi connectivity index (χ0v) is 16.3. The minimum absolute atomic E-state index is 0.00697. The number of Topliss-reactive ketones (excluding diaryl/α,β-unsaturated/α-hetero) is 1. The molecule has 0 saturated carbocycles. The molecule has 0 atom stereocenters. The molecular weight excluding hydrogens is 473 g/mol. The minimum atomic E-state index is -0.0598. The molecule has 2 nitrogen and oxygen atoms in total. The van der Waals surface area contributed by atoms with Crippen LogP contribution >= 0.6 is 59.4 Å². The zero-order valence-electron chi connectivity index (χ0n) is 10.8. The third kappa shape index (κ3) is 2.91. The van der Waals surface area contributed by atoms with Crippen LogP contribution in [-0.2, 0) is 0 Å². The van der Waals surface area contributed by atoms with Gasteiger partial charge in [0.15, 0.2) is 5.78 Å². The van der Waals surface area contributed by atoms with Crippen LogP contribution in [0.2, 0.25) is 0 Å². The van der Waals surface area contributed by atoms with Gasteiger partial charge < -0.3 is 4.57 Å². The number of halogens is 4. The third-order valence-corrected chi connectivity index (χ3v) is 4.97. The van der Waals surface area contributed by atoms with E-state index in [1.54, 1.807) is 0 Å². The van der Waals surface area contributed by atoms with E-state index in [4.69, 9.17) is 11.6 Å². The molecule has 2 rings (SSSR count). The summed E-state index contributed by atoms with van der Waals surface area (Å²) in [5.74, 6) is -0.0668. The van der Waals surface area contributed by atoms with E-state index in [9.17, 15) is 4.79 Å².